The summed E-state index contributed by atoms with van der Waals surface area (Å²) in [4.78, 5) is 10.5. The van der Waals surface area contributed by atoms with Crippen LogP contribution >= 0.6 is 0 Å². The molecule has 0 aromatic heterocycles. The van der Waals surface area contributed by atoms with Gasteiger partial charge in [-0.15, -0.1) is 0 Å². The highest BCUT2D eigenvalue weighted by Gasteiger charge is 2.10. The summed E-state index contributed by atoms with van der Waals surface area (Å²) in [6, 6.07) is 20.3. The molecule has 3 N–H and O–H groups in total. The number of methoxy groups -OCH3 is 2. The van der Waals surface area contributed by atoms with Crippen LogP contribution in [0.15, 0.2) is 72.8 Å². The molecule has 0 saturated heterocycles. The standard InChI is InChI=1S/C9H10O4.2C6H6O/c1-12-7-3-6(5-10)4-8(13-2)9(7)11;2*7-6-4-2-1-3-5-6/h3-5,11H,1-2H3;2*1-5,7H. The summed E-state index contributed by atoms with van der Waals surface area (Å²) in [6.07, 6.45) is 0.657. The topological polar surface area (TPSA) is 96.2 Å². The van der Waals surface area contributed by atoms with Crippen LogP contribution in [0.1, 0.15) is 10.4 Å². The van der Waals surface area contributed by atoms with Crippen LogP contribution in [0.5, 0.6) is 28.7 Å². The van der Waals surface area contributed by atoms with Crippen molar-refractivity contribution in [2.45, 2.75) is 0 Å². The van der Waals surface area contributed by atoms with Gasteiger partial charge < -0.3 is 24.8 Å². The Morgan fingerprint density at radius 3 is 1.30 bits per heavy atom. The second-order valence-corrected chi connectivity index (χ2v) is 5.06. The zero-order chi connectivity index (χ0) is 20.1. The lowest BCUT2D eigenvalue weighted by Crippen LogP contribution is -1.91. The number of carbonyl (C=O) groups excluding carboxylic acids is 1. The van der Waals surface area contributed by atoms with Crippen LogP contribution in [0, 0.1) is 0 Å². The number of carbonyl (C=O) groups is 1. The number of phenolic OH excluding ortho intramolecular Hbond substituents is 3. The van der Waals surface area contributed by atoms with Crippen molar-refractivity contribution in [2.24, 2.45) is 0 Å². The third-order valence-electron chi connectivity index (χ3n) is 3.15. The predicted octanol–water partition coefficient (Wildman–Crippen LogP) is 4.01. The third-order valence-corrected chi connectivity index (χ3v) is 3.15. The van der Waals surface area contributed by atoms with E-state index in [9.17, 15) is 9.90 Å². The van der Waals surface area contributed by atoms with Crippen molar-refractivity contribution in [1.29, 1.82) is 0 Å². The number of hydrogen-bond donors (Lipinski definition) is 3. The number of aromatic hydroxyl groups is 3. The average molecular weight is 370 g/mol. The molecule has 0 aliphatic carbocycles. The first-order chi connectivity index (χ1) is 13.0. The first-order valence-corrected chi connectivity index (χ1v) is 7.90. The van der Waals surface area contributed by atoms with E-state index < -0.39 is 0 Å². The lowest BCUT2D eigenvalue weighted by Gasteiger charge is -2.08. The lowest BCUT2D eigenvalue weighted by molar-refractivity contribution is 0.112. The van der Waals surface area contributed by atoms with Crippen LogP contribution in [0.4, 0.5) is 0 Å². The largest absolute Gasteiger partial charge is 0.508 e. The Balaban J connectivity index is 0.000000220. The van der Waals surface area contributed by atoms with E-state index in [1.54, 1.807) is 48.5 Å². The van der Waals surface area contributed by atoms with Crippen molar-refractivity contribution in [3.63, 3.8) is 0 Å². The summed E-state index contributed by atoms with van der Waals surface area (Å²) < 4.78 is 9.68. The van der Waals surface area contributed by atoms with E-state index in [-0.39, 0.29) is 17.2 Å². The van der Waals surface area contributed by atoms with Crippen molar-refractivity contribution in [1.82, 2.24) is 0 Å². The third kappa shape index (κ3) is 7.83. The zero-order valence-electron chi connectivity index (χ0n) is 15.1. The molecule has 0 unspecified atom stereocenters. The second kappa shape index (κ2) is 11.8. The van der Waals surface area contributed by atoms with Crippen molar-refractivity contribution in [3.05, 3.63) is 78.4 Å². The Morgan fingerprint density at radius 1 is 0.704 bits per heavy atom. The molecule has 0 atom stereocenters. The van der Waals surface area contributed by atoms with Crippen LogP contribution in [-0.2, 0) is 0 Å². The molecule has 6 nitrogen and oxygen atoms in total. The minimum absolute atomic E-state index is 0.101. The lowest BCUT2D eigenvalue weighted by atomic mass is 10.2. The SMILES string of the molecule is COc1cc(C=O)cc(OC)c1O.Oc1ccccc1.Oc1ccccc1. The number of ether oxygens (including phenoxy) is 2. The first kappa shape index (κ1) is 21.4. The van der Waals surface area contributed by atoms with Crippen LogP contribution in [-0.4, -0.2) is 35.8 Å². The molecule has 3 aromatic rings. The molecular formula is C21H22O6. The number of hydrogen-bond acceptors (Lipinski definition) is 6. The maximum atomic E-state index is 10.5. The normalized spacial score (nSPS) is 8.96. The predicted molar refractivity (Wildman–Crippen MR) is 103 cm³/mol. The minimum Gasteiger partial charge on any atom is -0.508 e. The van der Waals surface area contributed by atoms with Crippen molar-refractivity contribution < 1.29 is 29.6 Å². The molecule has 0 bridgehead atoms. The van der Waals surface area contributed by atoms with E-state index in [1.165, 1.54) is 26.4 Å². The summed E-state index contributed by atoms with van der Waals surface area (Å²) >= 11 is 0. The first-order valence-electron chi connectivity index (χ1n) is 7.90. The van der Waals surface area contributed by atoms with Crippen LogP contribution in [0.25, 0.3) is 0 Å². The fraction of sp³-hybridized carbons (Fsp3) is 0.0952. The number of benzene rings is 3. The quantitative estimate of drug-likeness (QED) is 0.603. The van der Waals surface area contributed by atoms with Gasteiger partial charge in [0.15, 0.2) is 11.5 Å². The average Bonchev–Trinajstić information content (AvgIpc) is 2.70. The van der Waals surface area contributed by atoms with Gasteiger partial charge in [0.1, 0.15) is 17.8 Å². The highest BCUT2D eigenvalue weighted by molar-refractivity contribution is 5.78. The second-order valence-electron chi connectivity index (χ2n) is 5.06. The van der Waals surface area contributed by atoms with Gasteiger partial charge in [-0.1, -0.05) is 36.4 Å². The van der Waals surface area contributed by atoms with Crippen LogP contribution in [0.3, 0.4) is 0 Å². The van der Waals surface area contributed by atoms with Crippen LogP contribution in [0.2, 0.25) is 0 Å². The molecule has 0 aliphatic rings. The molecule has 0 saturated carbocycles. The fourth-order valence-electron chi connectivity index (χ4n) is 1.84. The highest BCUT2D eigenvalue weighted by Crippen LogP contribution is 2.36. The fourth-order valence-corrected chi connectivity index (χ4v) is 1.84. The van der Waals surface area contributed by atoms with Crippen molar-refractivity contribution >= 4 is 6.29 Å². The van der Waals surface area contributed by atoms with Gasteiger partial charge in [0.05, 0.1) is 14.2 Å². The van der Waals surface area contributed by atoms with Gasteiger partial charge in [-0.05, 0) is 36.4 Å². The monoisotopic (exact) mass is 370 g/mol. The summed E-state index contributed by atoms with van der Waals surface area (Å²) in [7, 11) is 2.81. The van der Waals surface area contributed by atoms with E-state index >= 15 is 0 Å². The summed E-state index contributed by atoms with van der Waals surface area (Å²) in [5, 5.41) is 26.7. The van der Waals surface area contributed by atoms with E-state index in [4.69, 9.17) is 19.7 Å². The Morgan fingerprint density at radius 2 is 1.07 bits per heavy atom. The van der Waals surface area contributed by atoms with E-state index in [0.717, 1.165) is 0 Å². The molecule has 3 aromatic carbocycles. The molecule has 27 heavy (non-hydrogen) atoms. The summed E-state index contributed by atoms with van der Waals surface area (Å²) in [6.45, 7) is 0. The molecule has 0 radical (unpaired) electrons. The van der Waals surface area contributed by atoms with Gasteiger partial charge >= 0.3 is 0 Å². The number of phenols is 3. The van der Waals surface area contributed by atoms with Crippen molar-refractivity contribution in [3.8, 4) is 28.7 Å². The summed E-state index contributed by atoms with van der Waals surface area (Å²) in [5.41, 5.74) is 0.395. The van der Waals surface area contributed by atoms with Gasteiger partial charge in [-0.2, -0.15) is 0 Å². The number of para-hydroxylation sites is 2. The molecule has 0 aliphatic heterocycles. The molecule has 3 rings (SSSR count). The zero-order valence-corrected chi connectivity index (χ0v) is 15.1. The van der Waals surface area contributed by atoms with Gasteiger partial charge in [0.2, 0.25) is 5.75 Å². The van der Waals surface area contributed by atoms with Crippen molar-refractivity contribution in [2.75, 3.05) is 14.2 Å². The Labute approximate surface area is 157 Å². The number of aldehydes is 1. The molecular weight excluding hydrogens is 348 g/mol. The smallest absolute Gasteiger partial charge is 0.200 e. The maximum Gasteiger partial charge on any atom is 0.200 e. The van der Waals surface area contributed by atoms with E-state index in [0.29, 0.717) is 23.3 Å². The highest BCUT2D eigenvalue weighted by atomic mass is 16.5. The summed E-state index contributed by atoms with van der Waals surface area (Å²) in [5.74, 6) is 0.989. The Kier molecular flexibility index (Phi) is 9.35. The molecule has 142 valence electrons. The van der Waals surface area contributed by atoms with Crippen LogP contribution < -0.4 is 9.47 Å². The Bertz CT molecular complexity index is 741. The molecule has 0 heterocycles. The van der Waals surface area contributed by atoms with Gasteiger partial charge in [-0.25, -0.2) is 0 Å². The van der Waals surface area contributed by atoms with Gasteiger partial charge in [0.25, 0.3) is 0 Å². The molecule has 0 fully saturated rings. The minimum atomic E-state index is -0.101. The maximum absolute atomic E-state index is 10.5. The van der Waals surface area contributed by atoms with E-state index in [2.05, 4.69) is 0 Å². The molecule has 0 amide bonds. The molecule has 6 heteroatoms. The number of rotatable bonds is 3. The Hall–Kier alpha value is -3.67. The van der Waals surface area contributed by atoms with Gasteiger partial charge in [0, 0.05) is 5.56 Å². The molecule has 0 spiro atoms. The van der Waals surface area contributed by atoms with E-state index in [1.807, 2.05) is 12.1 Å². The van der Waals surface area contributed by atoms with Gasteiger partial charge in [-0.3, -0.25) is 4.79 Å².